The fourth-order valence-corrected chi connectivity index (χ4v) is 3.19. The van der Waals surface area contributed by atoms with Gasteiger partial charge in [0.15, 0.2) is 0 Å². The topological polar surface area (TPSA) is 86.2 Å². The predicted molar refractivity (Wildman–Crippen MR) is 108 cm³/mol. The molecule has 0 bridgehead atoms. The van der Waals surface area contributed by atoms with Gasteiger partial charge in [-0.15, -0.1) is 0 Å². The van der Waals surface area contributed by atoms with Crippen LogP contribution in [-0.4, -0.2) is 20.2 Å². The van der Waals surface area contributed by atoms with Crippen molar-refractivity contribution in [1.29, 1.82) is 0 Å². The molecular formula is C22H18N2O3. The Morgan fingerprint density at radius 2 is 1.81 bits per heavy atom. The molecule has 0 amide bonds. The first-order valence-electron chi connectivity index (χ1n) is 8.57. The molecule has 0 saturated heterocycles. The second-order valence-electron chi connectivity index (χ2n) is 6.62. The van der Waals surface area contributed by atoms with Crippen LogP contribution in [0, 0.1) is 13.8 Å². The summed E-state index contributed by atoms with van der Waals surface area (Å²) in [6.07, 6.45) is 1.29. The second kappa shape index (κ2) is 6.29. The first-order valence-corrected chi connectivity index (χ1v) is 8.57. The summed E-state index contributed by atoms with van der Waals surface area (Å²) in [6.45, 7) is 3.94. The summed E-state index contributed by atoms with van der Waals surface area (Å²) in [5, 5.41) is 22.5. The lowest BCUT2D eigenvalue weighted by Gasteiger charge is -2.09. The van der Waals surface area contributed by atoms with Gasteiger partial charge >= 0.3 is 0 Å². The van der Waals surface area contributed by atoms with Crippen molar-refractivity contribution >= 4 is 33.6 Å². The van der Waals surface area contributed by atoms with Crippen molar-refractivity contribution in [2.45, 2.75) is 13.8 Å². The molecule has 1 heterocycles. The van der Waals surface area contributed by atoms with Crippen LogP contribution >= 0.6 is 0 Å². The molecule has 0 atom stereocenters. The zero-order chi connectivity index (χ0) is 19.1. The van der Waals surface area contributed by atoms with Crippen molar-refractivity contribution in [2.75, 3.05) is 0 Å². The molecule has 3 N–H and O–H groups in total. The molecule has 4 rings (SSSR count). The number of aromatic hydroxyl groups is 1. The van der Waals surface area contributed by atoms with Crippen molar-refractivity contribution in [2.24, 2.45) is 0 Å². The highest BCUT2D eigenvalue weighted by Gasteiger charge is 2.13. The van der Waals surface area contributed by atoms with Crippen LogP contribution < -0.4 is 5.56 Å². The molecule has 0 spiro atoms. The van der Waals surface area contributed by atoms with E-state index >= 15 is 0 Å². The third-order valence-electron chi connectivity index (χ3n) is 4.77. The normalized spacial score (nSPS) is 12.0. The molecule has 0 saturated carbocycles. The second-order valence-corrected chi connectivity index (χ2v) is 6.62. The van der Waals surface area contributed by atoms with E-state index in [1.807, 2.05) is 44.2 Å². The Morgan fingerprint density at radius 1 is 1.07 bits per heavy atom. The van der Waals surface area contributed by atoms with E-state index in [0.717, 1.165) is 16.5 Å². The van der Waals surface area contributed by atoms with Crippen LogP contribution in [0.1, 0.15) is 22.4 Å². The number of hydrogen-bond acceptors (Lipinski definition) is 4. The van der Waals surface area contributed by atoms with Gasteiger partial charge in [0, 0.05) is 6.08 Å². The van der Waals surface area contributed by atoms with E-state index < -0.39 is 5.56 Å². The number of aliphatic hydroxyl groups is 1. The number of nitrogens with zero attached hydrogens (tertiary/aromatic N) is 1. The van der Waals surface area contributed by atoms with Crippen molar-refractivity contribution in [3.05, 3.63) is 81.3 Å². The molecule has 0 radical (unpaired) electrons. The molecule has 5 nitrogen and oxygen atoms in total. The van der Waals surface area contributed by atoms with E-state index in [9.17, 15) is 15.0 Å². The largest absolute Gasteiger partial charge is 0.507 e. The number of H-pyrrole nitrogens is 1. The number of aryl methyl sites for hydroxylation is 2. The first kappa shape index (κ1) is 16.8. The van der Waals surface area contributed by atoms with E-state index in [2.05, 4.69) is 9.97 Å². The Hall–Kier alpha value is -3.60. The lowest BCUT2D eigenvalue weighted by molar-refractivity contribution is 0.462. The van der Waals surface area contributed by atoms with Gasteiger partial charge in [-0.1, -0.05) is 30.3 Å². The molecular weight excluding hydrogens is 340 g/mol. The maximum absolute atomic E-state index is 12.4. The molecule has 0 aliphatic rings. The lowest BCUT2D eigenvalue weighted by atomic mass is 10.0. The third kappa shape index (κ3) is 2.93. The average molecular weight is 358 g/mol. The minimum atomic E-state index is -0.406. The Kier molecular flexibility index (Phi) is 3.92. The Balaban J connectivity index is 1.92. The minimum Gasteiger partial charge on any atom is -0.507 e. The number of benzene rings is 3. The number of phenolic OH excluding ortho intramolecular Hbond substituents is 1. The maximum Gasteiger partial charge on any atom is 0.274 e. The van der Waals surface area contributed by atoms with Gasteiger partial charge in [-0.2, -0.15) is 0 Å². The van der Waals surface area contributed by atoms with Gasteiger partial charge in [0.05, 0.1) is 16.6 Å². The highest BCUT2D eigenvalue weighted by molar-refractivity contribution is 5.97. The van der Waals surface area contributed by atoms with Gasteiger partial charge in [-0.3, -0.25) is 4.79 Å². The molecule has 4 aromatic rings. The molecule has 27 heavy (non-hydrogen) atoms. The smallest absolute Gasteiger partial charge is 0.274 e. The van der Waals surface area contributed by atoms with E-state index in [-0.39, 0.29) is 22.8 Å². The van der Waals surface area contributed by atoms with Crippen LogP contribution in [0.3, 0.4) is 0 Å². The maximum atomic E-state index is 12.4. The lowest BCUT2D eigenvalue weighted by Crippen LogP contribution is -2.12. The van der Waals surface area contributed by atoms with Crippen LogP contribution in [0.4, 0.5) is 0 Å². The number of rotatable bonds is 2. The van der Waals surface area contributed by atoms with Crippen LogP contribution in [0.15, 0.2) is 53.3 Å². The molecule has 0 fully saturated rings. The number of hydrogen-bond donors (Lipinski definition) is 3. The summed E-state index contributed by atoms with van der Waals surface area (Å²) in [4.78, 5) is 19.6. The summed E-state index contributed by atoms with van der Waals surface area (Å²) in [7, 11) is 0. The van der Waals surface area contributed by atoms with Crippen LogP contribution in [0.2, 0.25) is 0 Å². The van der Waals surface area contributed by atoms with Crippen molar-refractivity contribution in [3.63, 3.8) is 0 Å². The predicted octanol–water partition coefficient (Wildman–Crippen LogP) is 4.45. The number of phenols is 1. The number of fused-ring (bicyclic) bond motifs is 2. The fourth-order valence-electron chi connectivity index (χ4n) is 3.19. The highest BCUT2D eigenvalue weighted by Crippen LogP contribution is 2.32. The van der Waals surface area contributed by atoms with Gasteiger partial charge in [0.2, 0.25) is 0 Å². The van der Waals surface area contributed by atoms with Gasteiger partial charge in [0.25, 0.3) is 5.56 Å². The minimum absolute atomic E-state index is 0.0638. The van der Waals surface area contributed by atoms with Crippen LogP contribution in [0.5, 0.6) is 5.75 Å². The molecule has 0 aliphatic heterocycles. The highest BCUT2D eigenvalue weighted by atomic mass is 16.3. The summed E-state index contributed by atoms with van der Waals surface area (Å²) < 4.78 is 0. The van der Waals surface area contributed by atoms with Crippen molar-refractivity contribution in [3.8, 4) is 5.75 Å². The zero-order valence-corrected chi connectivity index (χ0v) is 14.9. The van der Waals surface area contributed by atoms with Gasteiger partial charge < -0.3 is 15.2 Å². The number of nitrogens with one attached hydrogen (secondary N) is 1. The van der Waals surface area contributed by atoms with E-state index in [4.69, 9.17) is 0 Å². The van der Waals surface area contributed by atoms with Crippen molar-refractivity contribution in [1.82, 2.24) is 9.97 Å². The van der Waals surface area contributed by atoms with Crippen LogP contribution in [0.25, 0.3) is 33.6 Å². The first-order chi connectivity index (χ1) is 12.9. The van der Waals surface area contributed by atoms with E-state index in [1.54, 1.807) is 12.1 Å². The van der Waals surface area contributed by atoms with E-state index in [0.29, 0.717) is 16.4 Å². The molecule has 0 aliphatic carbocycles. The number of aromatic nitrogens is 2. The van der Waals surface area contributed by atoms with Gasteiger partial charge in [-0.25, -0.2) is 4.98 Å². The molecule has 3 aromatic carbocycles. The quantitative estimate of drug-likeness (QED) is 0.462. The molecule has 0 unspecified atom stereocenters. The standard InChI is InChI=1S/C22H18N2O3/c1-12-9-16-17(10-13(12)2)24-22(27)18(23-16)11-20(26)21-15-6-4-3-5-14(15)7-8-19(21)25/h3-11,25-26H,1-2H3,(H,24,27)/b20-11-. The summed E-state index contributed by atoms with van der Waals surface area (Å²) in [5.74, 6) is -0.281. The van der Waals surface area contributed by atoms with Crippen LogP contribution in [-0.2, 0) is 0 Å². The SMILES string of the molecule is Cc1cc2nc(/C=C(\O)c3c(O)ccc4ccccc34)c(=O)[nH]c2cc1C. The summed E-state index contributed by atoms with van der Waals surface area (Å²) in [5.41, 5.74) is 3.36. The Bertz CT molecular complexity index is 1290. The molecule has 134 valence electrons. The summed E-state index contributed by atoms with van der Waals surface area (Å²) >= 11 is 0. The van der Waals surface area contributed by atoms with E-state index in [1.165, 1.54) is 12.1 Å². The zero-order valence-electron chi connectivity index (χ0n) is 14.9. The van der Waals surface area contributed by atoms with Crippen molar-refractivity contribution < 1.29 is 10.2 Å². The molecule has 1 aromatic heterocycles. The Labute approximate surface area is 155 Å². The average Bonchev–Trinajstić information content (AvgIpc) is 2.64. The monoisotopic (exact) mass is 358 g/mol. The fraction of sp³-hybridized carbons (Fsp3) is 0.0909. The molecule has 5 heteroatoms. The number of aliphatic hydroxyl groups excluding tert-OH is 1. The van der Waals surface area contributed by atoms with Gasteiger partial charge in [-0.05, 0) is 53.9 Å². The summed E-state index contributed by atoms with van der Waals surface area (Å²) in [6, 6.07) is 14.5. The van der Waals surface area contributed by atoms with Gasteiger partial charge in [0.1, 0.15) is 17.2 Å². The number of aromatic amines is 1. The Morgan fingerprint density at radius 3 is 2.63 bits per heavy atom. The third-order valence-corrected chi connectivity index (χ3v) is 4.77.